The fourth-order valence-electron chi connectivity index (χ4n) is 1.06. The van der Waals surface area contributed by atoms with Crippen LogP contribution >= 0.6 is 0 Å². The fraction of sp³-hybridized carbons (Fsp3) is 0.222. The summed E-state index contributed by atoms with van der Waals surface area (Å²) in [5.41, 5.74) is -2.14. The van der Waals surface area contributed by atoms with Gasteiger partial charge in [0.25, 0.3) is 0 Å². The fourth-order valence-corrected chi connectivity index (χ4v) is 1.06. The Bertz CT molecular complexity index is 423. The van der Waals surface area contributed by atoms with Crippen LogP contribution in [0.3, 0.4) is 0 Å². The van der Waals surface area contributed by atoms with Crippen LogP contribution in [0.5, 0.6) is 0 Å². The van der Waals surface area contributed by atoms with Gasteiger partial charge in [-0.1, -0.05) is 0 Å². The normalized spacial score (nSPS) is 12.3. The van der Waals surface area contributed by atoms with E-state index in [2.05, 4.69) is 0 Å². The van der Waals surface area contributed by atoms with Gasteiger partial charge in [-0.25, -0.2) is 17.6 Å². The standard InChI is InChI=1S/C9H5F4NO/c1-3-6(10)8(12)5(4(15)2-14)9(13)7(3)11/h4,15H,1H3. The zero-order chi connectivity index (χ0) is 11.7. The Labute approximate surface area is 82.4 Å². The van der Waals surface area contributed by atoms with Crippen LogP contribution in [0.2, 0.25) is 0 Å². The molecule has 0 amide bonds. The molecule has 1 rings (SSSR count). The number of aliphatic hydroxyl groups is 1. The van der Waals surface area contributed by atoms with Crippen LogP contribution < -0.4 is 0 Å². The van der Waals surface area contributed by atoms with E-state index in [0.29, 0.717) is 0 Å². The molecule has 6 heteroatoms. The first kappa shape index (κ1) is 11.5. The minimum absolute atomic E-state index is 0.834. The van der Waals surface area contributed by atoms with Crippen molar-refractivity contribution in [3.05, 3.63) is 34.4 Å². The van der Waals surface area contributed by atoms with Crippen LogP contribution in [0, 0.1) is 41.5 Å². The van der Waals surface area contributed by atoms with Gasteiger partial charge in [0.1, 0.15) is 0 Å². The van der Waals surface area contributed by atoms with Crippen LogP contribution in [0.4, 0.5) is 17.6 Å². The third kappa shape index (κ3) is 1.66. The Hall–Kier alpha value is -1.61. The van der Waals surface area contributed by atoms with Gasteiger partial charge in [-0.05, 0) is 6.92 Å². The Balaban J connectivity index is 3.61. The lowest BCUT2D eigenvalue weighted by Crippen LogP contribution is -2.09. The quantitative estimate of drug-likeness (QED) is 0.446. The molecule has 0 fully saturated rings. The van der Waals surface area contributed by atoms with Crippen molar-refractivity contribution < 1.29 is 22.7 Å². The second kappa shape index (κ2) is 3.87. The van der Waals surface area contributed by atoms with Crippen molar-refractivity contribution >= 4 is 0 Å². The van der Waals surface area contributed by atoms with E-state index in [4.69, 9.17) is 10.4 Å². The summed E-state index contributed by atoms with van der Waals surface area (Å²) >= 11 is 0. The topological polar surface area (TPSA) is 44.0 Å². The van der Waals surface area contributed by atoms with Crippen LogP contribution in [0.1, 0.15) is 17.2 Å². The molecule has 0 heterocycles. The van der Waals surface area contributed by atoms with E-state index in [1.165, 1.54) is 0 Å². The van der Waals surface area contributed by atoms with Crippen molar-refractivity contribution in [3.63, 3.8) is 0 Å². The van der Waals surface area contributed by atoms with Gasteiger partial charge in [0.15, 0.2) is 29.4 Å². The Morgan fingerprint density at radius 1 is 1.07 bits per heavy atom. The second-order valence-corrected chi connectivity index (χ2v) is 2.83. The van der Waals surface area contributed by atoms with Gasteiger partial charge in [0.2, 0.25) is 0 Å². The van der Waals surface area contributed by atoms with Gasteiger partial charge in [0, 0.05) is 5.56 Å². The molecular weight excluding hydrogens is 214 g/mol. The lowest BCUT2D eigenvalue weighted by atomic mass is 10.0. The van der Waals surface area contributed by atoms with Crippen LogP contribution in [-0.2, 0) is 0 Å². The molecule has 0 aliphatic carbocycles. The summed E-state index contributed by atoms with van der Waals surface area (Å²) < 4.78 is 51.9. The van der Waals surface area contributed by atoms with E-state index in [9.17, 15) is 17.6 Å². The highest BCUT2D eigenvalue weighted by Gasteiger charge is 2.27. The van der Waals surface area contributed by atoms with E-state index < -0.39 is 40.5 Å². The molecule has 15 heavy (non-hydrogen) atoms. The van der Waals surface area contributed by atoms with E-state index in [0.717, 1.165) is 13.0 Å². The second-order valence-electron chi connectivity index (χ2n) is 2.83. The summed E-state index contributed by atoms with van der Waals surface area (Å²) in [6.45, 7) is 0.847. The summed E-state index contributed by atoms with van der Waals surface area (Å²) in [6, 6.07) is 1.08. The maximum Gasteiger partial charge on any atom is 0.171 e. The molecule has 0 aliphatic heterocycles. The molecule has 1 aromatic carbocycles. The molecule has 0 saturated carbocycles. The first-order chi connectivity index (χ1) is 6.91. The highest BCUT2D eigenvalue weighted by atomic mass is 19.2. The van der Waals surface area contributed by atoms with Crippen LogP contribution in [-0.4, -0.2) is 5.11 Å². The van der Waals surface area contributed by atoms with Crippen molar-refractivity contribution in [2.45, 2.75) is 13.0 Å². The highest BCUT2D eigenvalue weighted by Crippen LogP contribution is 2.27. The number of rotatable bonds is 1. The number of halogens is 4. The molecule has 1 N–H and O–H groups in total. The third-order valence-electron chi connectivity index (χ3n) is 1.91. The molecule has 0 aliphatic rings. The molecule has 0 aromatic heterocycles. The zero-order valence-electron chi connectivity index (χ0n) is 7.48. The third-order valence-corrected chi connectivity index (χ3v) is 1.91. The molecule has 0 bridgehead atoms. The van der Waals surface area contributed by atoms with Crippen molar-refractivity contribution in [1.82, 2.24) is 0 Å². The maximum atomic E-state index is 13.0. The van der Waals surface area contributed by atoms with Crippen molar-refractivity contribution in [3.8, 4) is 6.07 Å². The summed E-state index contributed by atoms with van der Waals surface area (Å²) in [5.74, 6) is -6.72. The maximum absolute atomic E-state index is 13.0. The number of nitrogens with zero attached hydrogens (tertiary/aromatic N) is 1. The lowest BCUT2D eigenvalue weighted by Gasteiger charge is -2.09. The van der Waals surface area contributed by atoms with E-state index >= 15 is 0 Å². The summed E-state index contributed by atoms with van der Waals surface area (Å²) in [7, 11) is 0. The molecule has 1 unspecified atom stereocenters. The Morgan fingerprint density at radius 2 is 1.47 bits per heavy atom. The number of nitriles is 1. The molecule has 1 atom stereocenters. The number of aliphatic hydroxyl groups excluding tert-OH is 1. The molecule has 80 valence electrons. The molecule has 1 aromatic rings. The Kier molecular flexibility index (Phi) is 2.95. The highest BCUT2D eigenvalue weighted by molar-refractivity contribution is 5.32. The van der Waals surface area contributed by atoms with E-state index in [1.807, 2.05) is 0 Å². The van der Waals surface area contributed by atoms with E-state index in [-0.39, 0.29) is 0 Å². The molecule has 2 nitrogen and oxygen atoms in total. The first-order valence-corrected chi connectivity index (χ1v) is 3.82. The monoisotopic (exact) mass is 219 g/mol. The molecular formula is C9H5F4NO. The molecule has 0 radical (unpaired) electrons. The predicted molar refractivity (Wildman–Crippen MR) is 41.6 cm³/mol. The van der Waals surface area contributed by atoms with Crippen molar-refractivity contribution in [1.29, 1.82) is 5.26 Å². The smallest absolute Gasteiger partial charge is 0.171 e. The minimum Gasteiger partial charge on any atom is -0.374 e. The van der Waals surface area contributed by atoms with Crippen molar-refractivity contribution in [2.24, 2.45) is 0 Å². The Morgan fingerprint density at radius 3 is 1.80 bits per heavy atom. The summed E-state index contributed by atoms with van der Waals surface area (Å²) in [4.78, 5) is 0. The number of hydrogen-bond donors (Lipinski definition) is 1. The van der Waals surface area contributed by atoms with Gasteiger partial charge in [-0.2, -0.15) is 5.26 Å². The minimum atomic E-state index is -2.24. The SMILES string of the molecule is Cc1c(F)c(F)c(C(O)C#N)c(F)c1F. The number of hydrogen-bond acceptors (Lipinski definition) is 2. The molecule has 0 spiro atoms. The average molecular weight is 219 g/mol. The van der Waals surface area contributed by atoms with Gasteiger partial charge < -0.3 is 5.11 Å². The zero-order valence-corrected chi connectivity index (χ0v) is 7.48. The number of benzene rings is 1. The predicted octanol–water partition coefficient (Wildman–Crippen LogP) is 2.11. The van der Waals surface area contributed by atoms with Gasteiger partial charge in [-0.3, -0.25) is 0 Å². The first-order valence-electron chi connectivity index (χ1n) is 3.82. The van der Waals surface area contributed by atoms with Crippen molar-refractivity contribution in [2.75, 3.05) is 0 Å². The van der Waals surface area contributed by atoms with Crippen LogP contribution in [0.15, 0.2) is 0 Å². The largest absolute Gasteiger partial charge is 0.374 e. The molecule has 0 saturated heterocycles. The van der Waals surface area contributed by atoms with Crippen LogP contribution in [0.25, 0.3) is 0 Å². The summed E-state index contributed by atoms with van der Waals surface area (Å²) in [6.07, 6.45) is -2.24. The van der Waals surface area contributed by atoms with Gasteiger partial charge in [0.05, 0.1) is 11.6 Å². The average Bonchev–Trinajstić information content (AvgIpc) is 2.23. The van der Waals surface area contributed by atoms with E-state index in [1.54, 1.807) is 0 Å². The van der Waals surface area contributed by atoms with Gasteiger partial charge >= 0.3 is 0 Å². The lowest BCUT2D eigenvalue weighted by molar-refractivity contribution is 0.219. The van der Waals surface area contributed by atoms with Gasteiger partial charge in [-0.15, -0.1) is 0 Å². The summed E-state index contributed by atoms with van der Waals surface area (Å²) in [5, 5.41) is 17.1.